The van der Waals surface area contributed by atoms with Crippen LogP contribution < -0.4 is 0 Å². The zero-order valence-electron chi connectivity index (χ0n) is 9.99. The van der Waals surface area contributed by atoms with Gasteiger partial charge in [0, 0.05) is 7.05 Å². The van der Waals surface area contributed by atoms with Crippen LogP contribution in [0, 0.1) is 0 Å². The smallest absolute Gasteiger partial charge is 0.113 e. The monoisotopic (exact) mass is 239 g/mol. The van der Waals surface area contributed by atoms with E-state index >= 15 is 0 Å². The van der Waals surface area contributed by atoms with E-state index in [1.165, 1.54) is 0 Å². The van der Waals surface area contributed by atoms with Crippen molar-refractivity contribution in [3.8, 4) is 0 Å². The molecule has 1 aromatic heterocycles. The molecule has 0 saturated heterocycles. The lowest BCUT2D eigenvalue weighted by atomic mass is 10.0. The summed E-state index contributed by atoms with van der Waals surface area (Å²) in [6.07, 6.45) is -0.620. The van der Waals surface area contributed by atoms with Crippen molar-refractivity contribution in [3.63, 3.8) is 0 Å². The summed E-state index contributed by atoms with van der Waals surface area (Å²) < 4.78 is 1.70. The molecule has 0 amide bonds. The first-order valence-corrected chi connectivity index (χ1v) is 5.78. The fourth-order valence-electron chi connectivity index (χ4n) is 2.05. The van der Waals surface area contributed by atoms with Gasteiger partial charge in [-0.25, -0.2) is 4.68 Å². The number of aliphatic hydroxyl groups is 1. The van der Waals surface area contributed by atoms with E-state index in [1.54, 1.807) is 4.68 Å². The molecule has 4 heteroatoms. The Balaban J connectivity index is 2.06. The van der Waals surface area contributed by atoms with Gasteiger partial charge in [0.1, 0.15) is 11.6 Å². The predicted octanol–water partition coefficient (Wildman–Crippen LogP) is 2.05. The van der Waals surface area contributed by atoms with Crippen molar-refractivity contribution >= 4 is 11.0 Å². The van der Waals surface area contributed by atoms with Crippen molar-refractivity contribution in [1.82, 2.24) is 15.0 Å². The van der Waals surface area contributed by atoms with Gasteiger partial charge in [0.05, 0.1) is 5.52 Å². The first kappa shape index (κ1) is 10.9. The second-order valence-electron chi connectivity index (χ2n) is 4.27. The van der Waals surface area contributed by atoms with Crippen molar-refractivity contribution in [1.29, 1.82) is 0 Å². The minimum atomic E-state index is -0.620. The van der Waals surface area contributed by atoms with Crippen molar-refractivity contribution in [2.24, 2.45) is 7.05 Å². The van der Waals surface area contributed by atoms with Gasteiger partial charge >= 0.3 is 0 Å². The number of nitrogens with zero attached hydrogens (tertiary/aromatic N) is 3. The predicted molar refractivity (Wildman–Crippen MR) is 69.0 cm³/mol. The van der Waals surface area contributed by atoms with Crippen LogP contribution in [0.1, 0.15) is 17.2 Å². The number of aliphatic hydroxyl groups excluding tert-OH is 1. The maximum absolute atomic E-state index is 10.3. The van der Waals surface area contributed by atoms with Gasteiger partial charge in [0.25, 0.3) is 0 Å². The largest absolute Gasteiger partial charge is 0.384 e. The number of fused-ring (bicyclic) bond motifs is 1. The molecule has 2 aromatic carbocycles. The number of aromatic nitrogens is 3. The SMILES string of the molecule is Cn1nnc2ccc(C(O)c3ccccc3)cc21. The molecule has 4 nitrogen and oxygen atoms in total. The van der Waals surface area contributed by atoms with E-state index in [0.717, 1.165) is 22.2 Å². The molecule has 0 bridgehead atoms. The molecule has 0 aliphatic carbocycles. The van der Waals surface area contributed by atoms with Crippen molar-refractivity contribution in [3.05, 3.63) is 59.7 Å². The highest BCUT2D eigenvalue weighted by atomic mass is 16.3. The topological polar surface area (TPSA) is 50.9 Å². The van der Waals surface area contributed by atoms with Gasteiger partial charge in [-0.15, -0.1) is 5.10 Å². The van der Waals surface area contributed by atoms with Crippen LogP contribution in [0.15, 0.2) is 48.5 Å². The lowest BCUT2D eigenvalue weighted by Crippen LogP contribution is -1.99. The Bertz CT molecular complexity index is 676. The fraction of sp³-hybridized carbons (Fsp3) is 0.143. The van der Waals surface area contributed by atoms with E-state index in [0.29, 0.717) is 0 Å². The van der Waals surface area contributed by atoms with Crippen LogP contribution in [0.3, 0.4) is 0 Å². The molecule has 1 atom stereocenters. The summed E-state index contributed by atoms with van der Waals surface area (Å²) >= 11 is 0. The number of hydrogen-bond donors (Lipinski definition) is 1. The Labute approximate surface area is 104 Å². The number of hydrogen-bond acceptors (Lipinski definition) is 3. The van der Waals surface area contributed by atoms with Gasteiger partial charge in [0.15, 0.2) is 0 Å². The van der Waals surface area contributed by atoms with Gasteiger partial charge in [-0.1, -0.05) is 41.6 Å². The quantitative estimate of drug-likeness (QED) is 0.744. The Morgan fingerprint density at radius 2 is 1.83 bits per heavy atom. The summed E-state index contributed by atoms with van der Waals surface area (Å²) in [6, 6.07) is 15.3. The van der Waals surface area contributed by atoms with Crippen LogP contribution >= 0.6 is 0 Å². The molecule has 0 aliphatic heterocycles. The van der Waals surface area contributed by atoms with Crippen LogP contribution in [0.5, 0.6) is 0 Å². The van der Waals surface area contributed by atoms with Gasteiger partial charge in [-0.05, 0) is 23.3 Å². The number of aryl methyl sites for hydroxylation is 1. The van der Waals surface area contributed by atoms with Crippen LogP contribution in [-0.4, -0.2) is 20.1 Å². The summed E-state index contributed by atoms with van der Waals surface area (Å²) in [5, 5.41) is 18.3. The Kier molecular flexibility index (Phi) is 2.57. The summed E-state index contributed by atoms with van der Waals surface area (Å²) in [6.45, 7) is 0. The third-order valence-electron chi connectivity index (χ3n) is 3.07. The molecule has 1 unspecified atom stereocenters. The van der Waals surface area contributed by atoms with Crippen molar-refractivity contribution in [2.75, 3.05) is 0 Å². The molecule has 90 valence electrons. The molecule has 0 fully saturated rings. The summed E-state index contributed by atoms with van der Waals surface area (Å²) in [4.78, 5) is 0. The molecule has 1 N–H and O–H groups in total. The lowest BCUT2D eigenvalue weighted by Gasteiger charge is -2.11. The average molecular weight is 239 g/mol. The highest BCUT2D eigenvalue weighted by Crippen LogP contribution is 2.24. The van der Waals surface area contributed by atoms with Crippen LogP contribution in [0.2, 0.25) is 0 Å². The minimum absolute atomic E-state index is 0.620. The van der Waals surface area contributed by atoms with E-state index < -0.39 is 6.10 Å². The van der Waals surface area contributed by atoms with E-state index in [1.807, 2.05) is 55.6 Å². The molecule has 0 aliphatic rings. The highest BCUT2D eigenvalue weighted by Gasteiger charge is 2.11. The molecule has 0 spiro atoms. The zero-order valence-corrected chi connectivity index (χ0v) is 9.99. The molecule has 1 heterocycles. The molecular formula is C14H13N3O. The Hall–Kier alpha value is -2.20. The van der Waals surface area contributed by atoms with Gasteiger partial charge in [0.2, 0.25) is 0 Å². The minimum Gasteiger partial charge on any atom is -0.384 e. The van der Waals surface area contributed by atoms with Crippen LogP contribution in [0.25, 0.3) is 11.0 Å². The van der Waals surface area contributed by atoms with E-state index in [4.69, 9.17) is 0 Å². The lowest BCUT2D eigenvalue weighted by molar-refractivity contribution is 0.220. The summed E-state index contributed by atoms with van der Waals surface area (Å²) in [7, 11) is 1.84. The summed E-state index contributed by atoms with van der Waals surface area (Å²) in [5.74, 6) is 0. The fourth-order valence-corrected chi connectivity index (χ4v) is 2.05. The average Bonchev–Trinajstić information content (AvgIpc) is 2.80. The molecule has 3 aromatic rings. The van der Waals surface area contributed by atoms with E-state index in [2.05, 4.69) is 10.3 Å². The first-order chi connectivity index (χ1) is 8.75. The molecular weight excluding hydrogens is 226 g/mol. The maximum Gasteiger partial charge on any atom is 0.113 e. The van der Waals surface area contributed by atoms with Crippen molar-refractivity contribution < 1.29 is 5.11 Å². The van der Waals surface area contributed by atoms with Crippen molar-refractivity contribution in [2.45, 2.75) is 6.10 Å². The molecule has 0 radical (unpaired) electrons. The Morgan fingerprint density at radius 3 is 2.61 bits per heavy atom. The standard InChI is InChI=1S/C14H13N3O/c1-17-13-9-11(7-8-12(13)15-16-17)14(18)10-5-3-2-4-6-10/h2-9,14,18H,1H3. The molecule has 3 rings (SSSR count). The van der Waals surface area contributed by atoms with Crippen LogP contribution in [0.4, 0.5) is 0 Å². The maximum atomic E-state index is 10.3. The third kappa shape index (κ3) is 1.76. The normalized spacial score (nSPS) is 12.8. The van der Waals surface area contributed by atoms with E-state index in [9.17, 15) is 5.11 Å². The van der Waals surface area contributed by atoms with Gasteiger partial charge in [-0.2, -0.15) is 0 Å². The number of benzene rings is 2. The second kappa shape index (κ2) is 4.23. The number of rotatable bonds is 2. The second-order valence-corrected chi connectivity index (χ2v) is 4.27. The molecule has 18 heavy (non-hydrogen) atoms. The van der Waals surface area contributed by atoms with Gasteiger partial charge < -0.3 is 5.11 Å². The van der Waals surface area contributed by atoms with Crippen LogP contribution in [-0.2, 0) is 7.05 Å². The third-order valence-corrected chi connectivity index (χ3v) is 3.07. The summed E-state index contributed by atoms with van der Waals surface area (Å²) in [5.41, 5.74) is 3.48. The zero-order chi connectivity index (χ0) is 12.5. The van der Waals surface area contributed by atoms with E-state index in [-0.39, 0.29) is 0 Å². The highest BCUT2D eigenvalue weighted by molar-refractivity contribution is 5.75. The first-order valence-electron chi connectivity index (χ1n) is 5.78. The Morgan fingerprint density at radius 1 is 1.06 bits per heavy atom. The van der Waals surface area contributed by atoms with Gasteiger partial charge in [-0.3, -0.25) is 0 Å². The molecule has 0 saturated carbocycles.